The number of fused-ring (bicyclic) bond motifs is 1. The van der Waals surface area contributed by atoms with E-state index in [-0.39, 0.29) is 12.1 Å². The lowest BCUT2D eigenvalue weighted by molar-refractivity contribution is -0.144. The largest absolute Gasteiger partial charge is 0.464 e. The van der Waals surface area contributed by atoms with Crippen LogP contribution in [0.4, 0.5) is 0 Å². The highest BCUT2D eigenvalue weighted by atomic mass is 16.6. The van der Waals surface area contributed by atoms with Gasteiger partial charge in [0, 0.05) is 22.7 Å². The second kappa shape index (κ2) is 3.89. The Balaban J connectivity index is 1.85. The number of H-pyrrole nitrogens is 1. The maximum Gasteiger partial charge on any atom is 0.338 e. The fourth-order valence-electron chi connectivity index (χ4n) is 2.08. The van der Waals surface area contributed by atoms with Gasteiger partial charge in [-0.2, -0.15) is 0 Å². The van der Waals surface area contributed by atoms with Crippen molar-refractivity contribution in [2.24, 2.45) is 0 Å². The van der Waals surface area contributed by atoms with E-state index in [4.69, 9.17) is 9.47 Å². The van der Waals surface area contributed by atoms with Crippen LogP contribution in [0.5, 0.6) is 0 Å². The molecule has 0 radical (unpaired) electrons. The lowest BCUT2D eigenvalue weighted by Crippen LogP contribution is -2.11. The van der Waals surface area contributed by atoms with Gasteiger partial charge in [0.15, 0.2) is 6.10 Å². The smallest absolute Gasteiger partial charge is 0.338 e. The average molecular weight is 231 g/mol. The molecule has 3 rings (SSSR count). The van der Waals surface area contributed by atoms with Crippen molar-refractivity contribution in [1.82, 2.24) is 4.98 Å². The van der Waals surface area contributed by atoms with Crippen LogP contribution in [-0.2, 0) is 14.3 Å². The molecule has 0 spiro atoms. The Morgan fingerprint density at radius 2 is 2.29 bits per heavy atom. The van der Waals surface area contributed by atoms with Crippen LogP contribution in [0.1, 0.15) is 18.6 Å². The van der Waals surface area contributed by atoms with Gasteiger partial charge in [0.25, 0.3) is 0 Å². The number of rotatable bonds is 3. The van der Waals surface area contributed by atoms with Crippen molar-refractivity contribution in [3.63, 3.8) is 0 Å². The monoisotopic (exact) mass is 231 g/mol. The molecule has 2 heterocycles. The number of epoxide rings is 1. The zero-order valence-corrected chi connectivity index (χ0v) is 9.47. The van der Waals surface area contributed by atoms with Crippen LogP contribution >= 0.6 is 0 Å². The van der Waals surface area contributed by atoms with E-state index in [9.17, 15) is 4.79 Å². The molecule has 1 saturated heterocycles. The third-order valence-corrected chi connectivity index (χ3v) is 2.94. The standard InChI is InChI=1S/C13H13NO3/c1-2-16-13(15)12-11(17-12)9-7-14-10-6-4-3-5-8(9)10/h3-7,11-12,14H,2H2,1H3. The quantitative estimate of drug-likeness (QED) is 0.650. The van der Waals surface area contributed by atoms with Crippen molar-refractivity contribution in [1.29, 1.82) is 0 Å². The van der Waals surface area contributed by atoms with Crippen molar-refractivity contribution in [3.05, 3.63) is 36.0 Å². The number of hydrogen-bond donors (Lipinski definition) is 1. The first-order valence-electron chi connectivity index (χ1n) is 5.69. The van der Waals surface area contributed by atoms with Gasteiger partial charge in [-0.05, 0) is 13.0 Å². The number of nitrogens with one attached hydrogen (secondary N) is 1. The van der Waals surface area contributed by atoms with Gasteiger partial charge in [-0.1, -0.05) is 18.2 Å². The van der Waals surface area contributed by atoms with Gasteiger partial charge in [0.1, 0.15) is 6.10 Å². The number of para-hydroxylation sites is 1. The van der Waals surface area contributed by atoms with E-state index in [0.29, 0.717) is 6.61 Å². The van der Waals surface area contributed by atoms with Gasteiger partial charge in [0.2, 0.25) is 0 Å². The zero-order valence-electron chi connectivity index (χ0n) is 9.47. The first-order valence-corrected chi connectivity index (χ1v) is 5.69. The van der Waals surface area contributed by atoms with Crippen LogP contribution in [0, 0.1) is 0 Å². The molecule has 0 bridgehead atoms. The molecule has 2 aromatic rings. The molecule has 0 saturated carbocycles. The van der Waals surface area contributed by atoms with Gasteiger partial charge in [-0.25, -0.2) is 4.79 Å². The van der Waals surface area contributed by atoms with Crippen molar-refractivity contribution in [2.75, 3.05) is 6.61 Å². The molecule has 0 aliphatic carbocycles. The minimum Gasteiger partial charge on any atom is -0.464 e. The van der Waals surface area contributed by atoms with Crippen LogP contribution < -0.4 is 0 Å². The summed E-state index contributed by atoms with van der Waals surface area (Å²) in [6, 6.07) is 7.96. The lowest BCUT2D eigenvalue weighted by atomic mass is 10.1. The van der Waals surface area contributed by atoms with Gasteiger partial charge in [-0.3, -0.25) is 0 Å². The van der Waals surface area contributed by atoms with Crippen LogP contribution in [0.15, 0.2) is 30.5 Å². The molecule has 88 valence electrons. The molecule has 2 unspecified atom stereocenters. The Bertz CT molecular complexity index is 561. The number of benzene rings is 1. The first-order chi connectivity index (χ1) is 8.31. The molecule has 1 N–H and O–H groups in total. The summed E-state index contributed by atoms with van der Waals surface area (Å²) >= 11 is 0. The summed E-state index contributed by atoms with van der Waals surface area (Å²) in [5.41, 5.74) is 2.08. The molecule has 4 nitrogen and oxygen atoms in total. The molecule has 1 aliphatic heterocycles. The summed E-state index contributed by atoms with van der Waals surface area (Å²) in [5.74, 6) is -0.275. The fraction of sp³-hybridized carbons (Fsp3) is 0.308. The predicted molar refractivity (Wildman–Crippen MR) is 62.5 cm³/mol. The molecule has 0 amide bonds. The Labute approximate surface area is 98.5 Å². The maximum absolute atomic E-state index is 11.5. The van der Waals surface area contributed by atoms with Crippen LogP contribution in [0.3, 0.4) is 0 Å². The number of hydrogen-bond acceptors (Lipinski definition) is 3. The van der Waals surface area contributed by atoms with E-state index < -0.39 is 6.10 Å². The number of carbonyl (C=O) groups is 1. The number of esters is 1. The number of aromatic nitrogens is 1. The normalized spacial score (nSPS) is 22.6. The molecule has 4 heteroatoms. The second-order valence-corrected chi connectivity index (χ2v) is 4.02. The van der Waals surface area contributed by atoms with Crippen molar-refractivity contribution < 1.29 is 14.3 Å². The topological polar surface area (TPSA) is 54.6 Å². The summed E-state index contributed by atoms with van der Waals surface area (Å²) in [6.45, 7) is 2.18. The molecule has 17 heavy (non-hydrogen) atoms. The molecular formula is C13H13NO3. The number of carbonyl (C=O) groups excluding carboxylic acids is 1. The lowest BCUT2D eigenvalue weighted by Gasteiger charge is -1.96. The minimum absolute atomic E-state index is 0.162. The van der Waals surface area contributed by atoms with Crippen LogP contribution in [0.25, 0.3) is 10.9 Å². The average Bonchev–Trinajstić information content (AvgIpc) is 3.02. The molecule has 2 atom stereocenters. The first kappa shape index (κ1) is 10.4. The van der Waals surface area contributed by atoms with E-state index in [0.717, 1.165) is 16.5 Å². The molecule has 1 aromatic heterocycles. The summed E-state index contributed by atoms with van der Waals surface area (Å²) in [7, 11) is 0. The minimum atomic E-state index is -0.436. The Morgan fingerprint density at radius 1 is 1.47 bits per heavy atom. The van der Waals surface area contributed by atoms with Crippen LogP contribution in [-0.4, -0.2) is 23.7 Å². The second-order valence-electron chi connectivity index (χ2n) is 4.02. The van der Waals surface area contributed by atoms with E-state index in [1.54, 1.807) is 6.92 Å². The Hall–Kier alpha value is -1.81. The number of aromatic amines is 1. The summed E-state index contributed by atoms with van der Waals surface area (Å²) in [4.78, 5) is 14.7. The van der Waals surface area contributed by atoms with Crippen molar-refractivity contribution in [3.8, 4) is 0 Å². The van der Waals surface area contributed by atoms with Crippen LogP contribution in [0.2, 0.25) is 0 Å². The van der Waals surface area contributed by atoms with Crippen molar-refractivity contribution >= 4 is 16.9 Å². The van der Waals surface area contributed by atoms with Crippen molar-refractivity contribution in [2.45, 2.75) is 19.1 Å². The van der Waals surface area contributed by atoms with E-state index in [2.05, 4.69) is 4.98 Å². The Morgan fingerprint density at radius 3 is 3.12 bits per heavy atom. The zero-order chi connectivity index (χ0) is 11.8. The predicted octanol–water partition coefficient (Wildman–Crippen LogP) is 2.17. The van der Waals surface area contributed by atoms with E-state index in [1.165, 1.54) is 0 Å². The van der Waals surface area contributed by atoms with Gasteiger partial charge in [-0.15, -0.1) is 0 Å². The van der Waals surface area contributed by atoms with Gasteiger partial charge < -0.3 is 14.5 Å². The molecule has 1 aromatic carbocycles. The van der Waals surface area contributed by atoms with Gasteiger partial charge >= 0.3 is 5.97 Å². The fourth-order valence-corrected chi connectivity index (χ4v) is 2.08. The highest BCUT2D eigenvalue weighted by Crippen LogP contribution is 2.42. The van der Waals surface area contributed by atoms with E-state index >= 15 is 0 Å². The highest BCUT2D eigenvalue weighted by Gasteiger charge is 2.48. The third-order valence-electron chi connectivity index (χ3n) is 2.94. The highest BCUT2D eigenvalue weighted by molar-refractivity contribution is 5.86. The maximum atomic E-state index is 11.5. The molecule has 1 fully saturated rings. The van der Waals surface area contributed by atoms with E-state index in [1.807, 2.05) is 30.5 Å². The third kappa shape index (κ3) is 1.70. The summed E-state index contributed by atoms with van der Waals surface area (Å²) in [6.07, 6.45) is 1.30. The molecular weight excluding hydrogens is 218 g/mol. The molecule has 1 aliphatic rings. The SMILES string of the molecule is CCOC(=O)C1OC1c1c[nH]c2ccccc12. The number of ether oxygens (including phenoxy) is 2. The summed E-state index contributed by atoms with van der Waals surface area (Å²) in [5, 5.41) is 1.10. The van der Waals surface area contributed by atoms with Gasteiger partial charge in [0.05, 0.1) is 6.61 Å². The summed E-state index contributed by atoms with van der Waals surface area (Å²) < 4.78 is 10.3. The Kier molecular flexibility index (Phi) is 2.37.